The number of aryl methyl sites for hydroxylation is 1. The first kappa shape index (κ1) is 14.0. The van der Waals surface area contributed by atoms with Crippen LogP contribution in [0, 0.1) is 12.3 Å². The van der Waals surface area contributed by atoms with Gasteiger partial charge in [0.2, 0.25) is 11.8 Å². The lowest BCUT2D eigenvalue weighted by Crippen LogP contribution is -2.24. The lowest BCUT2D eigenvalue weighted by Gasteiger charge is -2.23. The van der Waals surface area contributed by atoms with Gasteiger partial charge in [-0.05, 0) is 18.8 Å². The molecule has 0 atom stereocenters. The van der Waals surface area contributed by atoms with E-state index in [1.165, 1.54) is 0 Å². The minimum Gasteiger partial charge on any atom is -0.481 e. The molecule has 0 radical (unpaired) electrons. The molecule has 1 rings (SSSR count). The second kappa shape index (κ2) is 6.05. The number of rotatable bonds is 6. The number of halogens is 1. The first-order valence-electron chi connectivity index (χ1n) is 5.66. The molecule has 4 nitrogen and oxygen atoms in total. The molecule has 0 aliphatic heterocycles. The molecule has 0 aliphatic carbocycles. The fraction of sp³-hybridized carbons (Fsp3) is 0.667. The molecular weight excluding hydrogens is 238 g/mol. The highest BCUT2D eigenvalue weighted by atomic mass is 35.5. The van der Waals surface area contributed by atoms with Crippen molar-refractivity contribution in [2.24, 2.45) is 5.41 Å². The van der Waals surface area contributed by atoms with Crippen LogP contribution in [-0.2, 0) is 0 Å². The third kappa shape index (κ3) is 4.77. The van der Waals surface area contributed by atoms with Crippen LogP contribution in [0.3, 0.4) is 0 Å². The van der Waals surface area contributed by atoms with Gasteiger partial charge in [0.15, 0.2) is 0 Å². The van der Waals surface area contributed by atoms with E-state index >= 15 is 0 Å². The van der Waals surface area contributed by atoms with Crippen molar-refractivity contribution in [2.45, 2.75) is 27.2 Å². The van der Waals surface area contributed by atoms with Gasteiger partial charge in [-0.15, -0.1) is 11.6 Å². The molecule has 0 unspecified atom stereocenters. The second-order valence-electron chi connectivity index (χ2n) is 4.83. The highest BCUT2D eigenvalue weighted by Gasteiger charge is 2.17. The number of nitrogens with zero attached hydrogens (tertiary/aromatic N) is 2. The van der Waals surface area contributed by atoms with Gasteiger partial charge in [-0.3, -0.25) is 0 Å². The van der Waals surface area contributed by atoms with Crippen molar-refractivity contribution < 1.29 is 4.74 Å². The van der Waals surface area contributed by atoms with Crippen LogP contribution in [0.4, 0.5) is 5.95 Å². The molecule has 1 heterocycles. The zero-order valence-electron chi connectivity index (χ0n) is 10.9. The number of anilines is 1. The average molecular weight is 258 g/mol. The van der Waals surface area contributed by atoms with Crippen LogP contribution in [0.2, 0.25) is 0 Å². The van der Waals surface area contributed by atoms with Crippen LogP contribution < -0.4 is 10.1 Å². The Kier molecular flexibility index (Phi) is 5.00. The zero-order chi connectivity index (χ0) is 12.9. The van der Waals surface area contributed by atoms with Crippen molar-refractivity contribution in [1.29, 1.82) is 0 Å². The van der Waals surface area contributed by atoms with Gasteiger partial charge in [0.25, 0.3) is 0 Å². The SMILES string of the molecule is COc1cc(C)nc(NCC(C)(C)CCCl)n1. The summed E-state index contributed by atoms with van der Waals surface area (Å²) >= 11 is 5.76. The highest BCUT2D eigenvalue weighted by molar-refractivity contribution is 6.17. The van der Waals surface area contributed by atoms with Crippen LogP contribution >= 0.6 is 11.6 Å². The Bertz CT molecular complexity index is 369. The number of alkyl halides is 1. The van der Waals surface area contributed by atoms with E-state index in [0.717, 1.165) is 18.7 Å². The van der Waals surface area contributed by atoms with Crippen molar-refractivity contribution in [3.05, 3.63) is 11.8 Å². The van der Waals surface area contributed by atoms with Gasteiger partial charge in [0.05, 0.1) is 7.11 Å². The summed E-state index contributed by atoms with van der Waals surface area (Å²) in [7, 11) is 1.60. The summed E-state index contributed by atoms with van der Waals surface area (Å²) < 4.78 is 5.10. The zero-order valence-corrected chi connectivity index (χ0v) is 11.6. The van der Waals surface area contributed by atoms with Gasteiger partial charge in [-0.1, -0.05) is 13.8 Å². The maximum atomic E-state index is 5.76. The molecule has 0 aromatic carbocycles. The van der Waals surface area contributed by atoms with Crippen molar-refractivity contribution in [3.63, 3.8) is 0 Å². The van der Waals surface area contributed by atoms with Gasteiger partial charge in [-0.25, -0.2) is 4.98 Å². The van der Waals surface area contributed by atoms with E-state index in [9.17, 15) is 0 Å². The normalized spacial score (nSPS) is 11.4. The lowest BCUT2D eigenvalue weighted by molar-refractivity contribution is 0.376. The summed E-state index contributed by atoms with van der Waals surface area (Å²) in [6, 6.07) is 1.80. The van der Waals surface area contributed by atoms with Gasteiger partial charge in [0, 0.05) is 24.2 Å². The van der Waals surface area contributed by atoms with Crippen LogP contribution in [0.15, 0.2) is 6.07 Å². The van der Waals surface area contributed by atoms with E-state index in [2.05, 4.69) is 29.1 Å². The standard InChI is InChI=1S/C12H20ClN3O/c1-9-7-10(17-4)16-11(15-9)14-8-12(2,3)5-6-13/h7H,5-6,8H2,1-4H3,(H,14,15,16). The Balaban J connectivity index is 2.65. The van der Waals surface area contributed by atoms with E-state index in [-0.39, 0.29) is 5.41 Å². The predicted molar refractivity (Wildman–Crippen MR) is 70.9 cm³/mol. The van der Waals surface area contributed by atoms with Crippen molar-refractivity contribution >= 4 is 17.5 Å². The summed E-state index contributed by atoms with van der Waals surface area (Å²) in [6.07, 6.45) is 0.949. The topological polar surface area (TPSA) is 47.0 Å². The smallest absolute Gasteiger partial charge is 0.226 e. The molecule has 0 aliphatic rings. The number of methoxy groups -OCH3 is 1. The van der Waals surface area contributed by atoms with E-state index in [0.29, 0.717) is 17.7 Å². The minimum absolute atomic E-state index is 0.127. The molecule has 1 aromatic heterocycles. The van der Waals surface area contributed by atoms with Crippen LogP contribution in [-0.4, -0.2) is 29.5 Å². The average Bonchev–Trinajstić information content (AvgIpc) is 2.26. The van der Waals surface area contributed by atoms with Gasteiger partial charge >= 0.3 is 0 Å². The van der Waals surface area contributed by atoms with Crippen LogP contribution in [0.25, 0.3) is 0 Å². The maximum Gasteiger partial charge on any atom is 0.226 e. The molecule has 1 aromatic rings. The Morgan fingerprint density at radius 1 is 1.41 bits per heavy atom. The van der Waals surface area contributed by atoms with E-state index in [1.807, 2.05) is 6.92 Å². The Morgan fingerprint density at radius 2 is 2.12 bits per heavy atom. The first-order valence-corrected chi connectivity index (χ1v) is 6.20. The molecule has 0 saturated heterocycles. The monoisotopic (exact) mass is 257 g/mol. The van der Waals surface area contributed by atoms with Crippen LogP contribution in [0.1, 0.15) is 26.0 Å². The Hall–Kier alpha value is -1.03. The molecule has 1 N–H and O–H groups in total. The maximum absolute atomic E-state index is 5.76. The highest BCUT2D eigenvalue weighted by Crippen LogP contribution is 2.21. The molecule has 0 bridgehead atoms. The number of hydrogen-bond donors (Lipinski definition) is 1. The van der Waals surface area contributed by atoms with Gasteiger partial charge in [-0.2, -0.15) is 4.98 Å². The van der Waals surface area contributed by atoms with E-state index in [1.54, 1.807) is 13.2 Å². The largest absolute Gasteiger partial charge is 0.481 e. The third-order valence-electron chi connectivity index (χ3n) is 2.54. The molecule has 96 valence electrons. The summed E-state index contributed by atoms with van der Waals surface area (Å²) in [5.41, 5.74) is 1.01. The fourth-order valence-electron chi connectivity index (χ4n) is 1.39. The Morgan fingerprint density at radius 3 is 2.71 bits per heavy atom. The van der Waals surface area contributed by atoms with Gasteiger partial charge < -0.3 is 10.1 Å². The third-order valence-corrected chi connectivity index (χ3v) is 2.73. The van der Waals surface area contributed by atoms with E-state index < -0.39 is 0 Å². The number of nitrogens with one attached hydrogen (secondary N) is 1. The summed E-state index contributed by atoms with van der Waals surface area (Å²) in [4.78, 5) is 8.55. The van der Waals surface area contributed by atoms with E-state index in [4.69, 9.17) is 16.3 Å². The molecule has 5 heteroatoms. The number of ether oxygens (including phenoxy) is 1. The second-order valence-corrected chi connectivity index (χ2v) is 5.21. The summed E-state index contributed by atoms with van der Waals surface area (Å²) in [6.45, 7) is 7.02. The lowest BCUT2D eigenvalue weighted by atomic mass is 9.90. The predicted octanol–water partition coefficient (Wildman–Crippen LogP) is 2.86. The first-order chi connectivity index (χ1) is 7.96. The minimum atomic E-state index is 0.127. The van der Waals surface area contributed by atoms with Gasteiger partial charge in [0.1, 0.15) is 0 Å². The number of hydrogen-bond acceptors (Lipinski definition) is 4. The molecule has 0 fully saturated rings. The quantitative estimate of drug-likeness (QED) is 0.796. The molecule has 0 amide bonds. The Labute approximate surface area is 108 Å². The molecule has 0 saturated carbocycles. The molecule has 0 spiro atoms. The van der Waals surface area contributed by atoms with Crippen molar-refractivity contribution in [3.8, 4) is 5.88 Å². The summed E-state index contributed by atoms with van der Waals surface area (Å²) in [5.74, 6) is 1.84. The summed E-state index contributed by atoms with van der Waals surface area (Å²) in [5, 5.41) is 3.22. The molecular formula is C12H20ClN3O. The number of aromatic nitrogens is 2. The molecule has 17 heavy (non-hydrogen) atoms. The van der Waals surface area contributed by atoms with Crippen molar-refractivity contribution in [1.82, 2.24) is 9.97 Å². The van der Waals surface area contributed by atoms with Crippen LogP contribution in [0.5, 0.6) is 5.88 Å². The van der Waals surface area contributed by atoms with Crippen molar-refractivity contribution in [2.75, 3.05) is 24.9 Å². The fourth-order valence-corrected chi connectivity index (χ4v) is 1.90.